The number of carbonyl (C=O) groups is 1. The van der Waals surface area contributed by atoms with E-state index < -0.39 is 0 Å². The van der Waals surface area contributed by atoms with Crippen LogP contribution >= 0.6 is 0 Å². The number of amides is 1. The van der Waals surface area contributed by atoms with Crippen molar-refractivity contribution in [2.45, 2.75) is 26.3 Å². The normalized spacial score (nSPS) is 12.5. The minimum atomic E-state index is -0.306. The van der Waals surface area contributed by atoms with Gasteiger partial charge in [0.1, 0.15) is 0 Å². The molecule has 0 aliphatic carbocycles. The second-order valence-corrected chi connectivity index (χ2v) is 4.64. The summed E-state index contributed by atoms with van der Waals surface area (Å²) in [5.74, 6) is -0.111. The Balaban J connectivity index is 2.69. The molecule has 4 N–H and O–H groups in total. The number of nitrogen functional groups attached to an aromatic ring is 1. The molecule has 5 nitrogen and oxygen atoms in total. The van der Waals surface area contributed by atoms with Gasteiger partial charge in [-0.2, -0.15) is 0 Å². The van der Waals surface area contributed by atoms with E-state index >= 15 is 0 Å². The van der Waals surface area contributed by atoms with E-state index in [0.717, 1.165) is 12.0 Å². The van der Waals surface area contributed by atoms with Crippen LogP contribution in [0.15, 0.2) is 18.2 Å². The van der Waals surface area contributed by atoms with Crippen LogP contribution in [-0.2, 0) is 11.2 Å². The van der Waals surface area contributed by atoms with Crippen LogP contribution < -0.4 is 11.1 Å². The van der Waals surface area contributed by atoms with E-state index in [9.17, 15) is 4.79 Å². The lowest BCUT2D eigenvalue weighted by atomic mass is 10.1. The van der Waals surface area contributed by atoms with Crippen LogP contribution in [-0.4, -0.2) is 42.2 Å². The molecule has 0 aromatic heterocycles. The average Bonchev–Trinajstić information content (AvgIpc) is 2.38. The summed E-state index contributed by atoms with van der Waals surface area (Å²) in [6, 6.07) is 5.24. The fourth-order valence-electron chi connectivity index (χ4n) is 1.79. The van der Waals surface area contributed by atoms with Gasteiger partial charge in [0.25, 0.3) is 0 Å². The number of nitrogens with two attached hydrogens (primary N) is 1. The Morgan fingerprint density at radius 1 is 1.53 bits per heavy atom. The number of anilines is 2. The molecule has 0 spiro atoms. The summed E-state index contributed by atoms with van der Waals surface area (Å²) in [5.41, 5.74) is 8.36. The molecule has 1 aromatic rings. The predicted molar refractivity (Wildman–Crippen MR) is 78.0 cm³/mol. The zero-order valence-corrected chi connectivity index (χ0v) is 11.8. The molecule has 1 aromatic carbocycles. The van der Waals surface area contributed by atoms with Crippen molar-refractivity contribution < 1.29 is 9.90 Å². The van der Waals surface area contributed by atoms with E-state index in [4.69, 9.17) is 10.8 Å². The first-order chi connectivity index (χ1) is 8.99. The fourth-order valence-corrected chi connectivity index (χ4v) is 1.79. The Morgan fingerprint density at radius 3 is 2.74 bits per heavy atom. The topological polar surface area (TPSA) is 78.6 Å². The number of nitrogens with one attached hydrogen (secondary N) is 1. The van der Waals surface area contributed by atoms with Gasteiger partial charge in [-0.05, 0) is 38.1 Å². The molecular formula is C14H23N3O2. The van der Waals surface area contributed by atoms with E-state index in [-0.39, 0.29) is 18.6 Å². The summed E-state index contributed by atoms with van der Waals surface area (Å²) in [4.78, 5) is 13.8. The van der Waals surface area contributed by atoms with Gasteiger partial charge in [-0.15, -0.1) is 0 Å². The van der Waals surface area contributed by atoms with Crippen molar-refractivity contribution in [3.63, 3.8) is 0 Å². The number of aliphatic hydroxyl groups is 1. The van der Waals surface area contributed by atoms with Gasteiger partial charge in [0.2, 0.25) is 5.91 Å². The second kappa shape index (κ2) is 7.11. The molecular weight excluding hydrogens is 242 g/mol. The van der Waals surface area contributed by atoms with Gasteiger partial charge >= 0.3 is 0 Å². The van der Waals surface area contributed by atoms with Crippen LogP contribution in [0, 0.1) is 0 Å². The standard InChI is InChI=1S/C14H23N3O2/c1-4-11-5-6-12(9-13(11)15)16-14(19)10(2)17(3)7-8-18/h5-6,9-10,18H,4,7-8,15H2,1-3H3,(H,16,19). The molecule has 0 saturated heterocycles. The Bertz CT molecular complexity index is 435. The minimum Gasteiger partial charge on any atom is -0.398 e. The molecule has 0 aliphatic heterocycles. The van der Waals surface area contributed by atoms with Crippen molar-refractivity contribution in [2.75, 3.05) is 31.2 Å². The van der Waals surface area contributed by atoms with Gasteiger partial charge in [-0.1, -0.05) is 13.0 Å². The zero-order valence-electron chi connectivity index (χ0n) is 11.8. The number of carbonyl (C=O) groups excluding carboxylic acids is 1. The molecule has 106 valence electrons. The van der Waals surface area contributed by atoms with Crippen molar-refractivity contribution in [3.8, 4) is 0 Å². The van der Waals surface area contributed by atoms with E-state index in [0.29, 0.717) is 17.9 Å². The first kappa shape index (κ1) is 15.5. The second-order valence-electron chi connectivity index (χ2n) is 4.64. The van der Waals surface area contributed by atoms with Crippen molar-refractivity contribution in [3.05, 3.63) is 23.8 Å². The van der Waals surface area contributed by atoms with Gasteiger partial charge < -0.3 is 16.2 Å². The third-order valence-corrected chi connectivity index (χ3v) is 3.29. The summed E-state index contributed by atoms with van der Waals surface area (Å²) in [7, 11) is 1.80. The summed E-state index contributed by atoms with van der Waals surface area (Å²) in [5, 5.41) is 11.7. The number of rotatable bonds is 6. The summed E-state index contributed by atoms with van der Waals surface area (Å²) < 4.78 is 0. The van der Waals surface area contributed by atoms with Crippen LogP contribution in [0.25, 0.3) is 0 Å². The molecule has 0 radical (unpaired) electrons. The average molecular weight is 265 g/mol. The molecule has 1 atom stereocenters. The number of likely N-dealkylation sites (N-methyl/N-ethyl adjacent to an activating group) is 1. The fraction of sp³-hybridized carbons (Fsp3) is 0.500. The lowest BCUT2D eigenvalue weighted by Gasteiger charge is -2.23. The maximum Gasteiger partial charge on any atom is 0.241 e. The summed E-state index contributed by atoms with van der Waals surface area (Å²) in [6.45, 7) is 4.34. The number of hydrogen-bond donors (Lipinski definition) is 3. The highest BCUT2D eigenvalue weighted by molar-refractivity contribution is 5.95. The van der Waals surface area contributed by atoms with Gasteiger partial charge in [0.15, 0.2) is 0 Å². The van der Waals surface area contributed by atoms with Crippen LogP contribution in [0.5, 0.6) is 0 Å². The lowest BCUT2D eigenvalue weighted by Crippen LogP contribution is -2.40. The largest absolute Gasteiger partial charge is 0.398 e. The number of benzene rings is 1. The number of hydrogen-bond acceptors (Lipinski definition) is 4. The van der Waals surface area contributed by atoms with Gasteiger partial charge in [-0.3, -0.25) is 9.69 Å². The molecule has 0 aliphatic rings. The molecule has 0 fully saturated rings. The number of nitrogens with zero attached hydrogens (tertiary/aromatic N) is 1. The minimum absolute atomic E-state index is 0.0340. The molecule has 1 amide bonds. The Kier molecular flexibility index (Phi) is 5.79. The van der Waals surface area contributed by atoms with Crippen molar-refractivity contribution in [1.29, 1.82) is 0 Å². The Morgan fingerprint density at radius 2 is 2.21 bits per heavy atom. The maximum absolute atomic E-state index is 12.0. The zero-order chi connectivity index (χ0) is 14.4. The van der Waals surface area contributed by atoms with Crippen molar-refractivity contribution in [2.24, 2.45) is 0 Å². The van der Waals surface area contributed by atoms with E-state index in [1.165, 1.54) is 0 Å². The van der Waals surface area contributed by atoms with Gasteiger partial charge in [0, 0.05) is 17.9 Å². The first-order valence-corrected chi connectivity index (χ1v) is 6.50. The Hall–Kier alpha value is -1.59. The van der Waals surface area contributed by atoms with Crippen molar-refractivity contribution >= 4 is 17.3 Å². The van der Waals surface area contributed by atoms with Crippen LogP contribution in [0.2, 0.25) is 0 Å². The maximum atomic E-state index is 12.0. The summed E-state index contributed by atoms with van der Waals surface area (Å²) in [6.07, 6.45) is 0.871. The first-order valence-electron chi connectivity index (χ1n) is 6.50. The van der Waals surface area contributed by atoms with E-state index in [1.807, 2.05) is 19.1 Å². The summed E-state index contributed by atoms with van der Waals surface area (Å²) >= 11 is 0. The van der Waals surface area contributed by atoms with Crippen LogP contribution in [0.1, 0.15) is 19.4 Å². The molecule has 5 heteroatoms. The third-order valence-electron chi connectivity index (χ3n) is 3.29. The molecule has 1 unspecified atom stereocenters. The van der Waals surface area contributed by atoms with Crippen LogP contribution in [0.3, 0.4) is 0 Å². The highest BCUT2D eigenvalue weighted by Crippen LogP contribution is 2.18. The lowest BCUT2D eigenvalue weighted by molar-refractivity contribution is -0.120. The quantitative estimate of drug-likeness (QED) is 0.673. The molecule has 0 heterocycles. The van der Waals surface area contributed by atoms with Crippen LogP contribution in [0.4, 0.5) is 11.4 Å². The molecule has 0 saturated carbocycles. The van der Waals surface area contributed by atoms with E-state index in [2.05, 4.69) is 5.32 Å². The predicted octanol–water partition coefficient (Wildman–Crippen LogP) is 1.08. The van der Waals surface area contributed by atoms with E-state index in [1.54, 1.807) is 24.9 Å². The smallest absolute Gasteiger partial charge is 0.241 e. The Labute approximate surface area is 114 Å². The van der Waals surface area contributed by atoms with Gasteiger partial charge in [-0.25, -0.2) is 0 Å². The highest BCUT2D eigenvalue weighted by Gasteiger charge is 2.17. The monoisotopic (exact) mass is 265 g/mol. The molecule has 19 heavy (non-hydrogen) atoms. The highest BCUT2D eigenvalue weighted by atomic mass is 16.3. The van der Waals surface area contributed by atoms with Crippen molar-refractivity contribution in [1.82, 2.24) is 4.90 Å². The molecule has 0 bridgehead atoms. The number of aryl methyl sites for hydroxylation is 1. The molecule has 1 rings (SSSR count). The SMILES string of the molecule is CCc1ccc(NC(=O)C(C)N(C)CCO)cc1N. The number of aliphatic hydroxyl groups excluding tert-OH is 1. The van der Waals surface area contributed by atoms with Gasteiger partial charge in [0.05, 0.1) is 12.6 Å². The third kappa shape index (κ3) is 4.22.